The maximum absolute atomic E-state index is 13.8. The minimum absolute atomic E-state index is 0.223. The third-order valence-electron chi connectivity index (χ3n) is 6.27. The topological polar surface area (TPSA) is 77.0 Å². The minimum Gasteiger partial charge on any atom is -0.463 e. The molecular formula is C29H26ClN3O4S. The number of esters is 1. The molecule has 0 aliphatic carbocycles. The Hall–Kier alpha value is -3.88. The van der Waals surface area contributed by atoms with Crippen molar-refractivity contribution in [1.29, 1.82) is 0 Å². The molecule has 4 aromatic rings. The number of hydrogen-bond donors (Lipinski definition) is 0. The molecule has 0 radical (unpaired) electrons. The molecule has 0 unspecified atom stereocenters. The lowest BCUT2D eigenvalue weighted by molar-refractivity contribution is -0.139. The number of hydrogen-bond acceptors (Lipinski definition) is 7. The maximum atomic E-state index is 13.8. The number of benzene rings is 2. The normalized spacial score (nSPS) is 15.3. The van der Waals surface area contributed by atoms with Crippen LogP contribution in [-0.2, 0) is 9.53 Å². The Morgan fingerprint density at radius 1 is 1.13 bits per heavy atom. The largest absolute Gasteiger partial charge is 0.463 e. The fourth-order valence-electron chi connectivity index (χ4n) is 4.39. The van der Waals surface area contributed by atoms with Crippen molar-refractivity contribution >= 4 is 40.7 Å². The predicted octanol–water partition coefficient (Wildman–Crippen LogP) is 4.78. The number of anilines is 1. The van der Waals surface area contributed by atoms with Gasteiger partial charge < -0.3 is 14.1 Å². The zero-order valence-electron chi connectivity index (χ0n) is 21.4. The van der Waals surface area contributed by atoms with E-state index >= 15 is 0 Å². The fraction of sp³-hybridized carbons (Fsp3) is 0.207. The highest BCUT2D eigenvalue weighted by atomic mass is 35.5. The highest BCUT2D eigenvalue weighted by molar-refractivity contribution is 7.07. The van der Waals surface area contributed by atoms with Gasteiger partial charge in [0.15, 0.2) is 4.80 Å². The summed E-state index contributed by atoms with van der Waals surface area (Å²) in [7, 11) is 3.92. The number of allylic oxidation sites excluding steroid dienone is 1. The standard InChI is InChI=1S/C29H26ClN3O4S/c1-5-36-28(35)25-17(2)31-29-33(26(25)19-8-12-21(13-9-19)32(3)4)27(34)24(38-29)16-22-14-15-23(37-22)18-6-10-20(30)11-7-18/h6-16,26H,5H2,1-4H3/b24-16-/t26-/m0/s1. The molecule has 0 N–H and O–H groups in total. The van der Waals surface area contributed by atoms with E-state index in [2.05, 4.69) is 4.99 Å². The first-order valence-corrected chi connectivity index (χ1v) is 13.3. The first kappa shape index (κ1) is 25.8. The van der Waals surface area contributed by atoms with Crippen molar-refractivity contribution in [2.24, 2.45) is 4.99 Å². The molecule has 38 heavy (non-hydrogen) atoms. The first-order chi connectivity index (χ1) is 18.3. The Balaban J connectivity index is 1.62. The van der Waals surface area contributed by atoms with Crippen LogP contribution >= 0.6 is 22.9 Å². The highest BCUT2D eigenvalue weighted by Gasteiger charge is 2.33. The lowest BCUT2D eigenvalue weighted by Crippen LogP contribution is -2.39. The van der Waals surface area contributed by atoms with Crippen LogP contribution in [0.1, 0.15) is 31.2 Å². The summed E-state index contributed by atoms with van der Waals surface area (Å²) in [5, 5.41) is 0.644. The number of halogens is 1. The Morgan fingerprint density at radius 2 is 1.84 bits per heavy atom. The van der Waals surface area contributed by atoms with E-state index in [1.54, 1.807) is 36.6 Å². The smallest absolute Gasteiger partial charge is 0.338 e. The predicted molar refractivity (Wildman–Crippen MR) is 150 cm³/mol. The van der Waals surface area contributed by atoms with Gasteiger partial charge in [-0.2, -0.15) is 0 Å². The molecule has 0 fully saturated rings. The van der Waals surface area contributed by atoms with E-state index in [1.165, 1.54) is 11.3 Å². The summed E-state index contributed by atoms with van der Waals surface area (Å²) in [5.74, 6) is 0.719. The Kier molecular flexibility index (Phi) is 7.10. The molecule has 0 bridgehead atoms. The van der Waals surface area contributed by atoms with Crippen molar-refractivity contribution in [2.45, 2.75) is 19.9 Å². The number of aromatic nitrogens is 1. The Bertz CT molecular complexity index is 1710. The highest BCUT2D eigenvalue weighted by Crippen LogP contribution is 2.31. The molecule has 194 valence electrons. The van der Waals surface area contributed by atoms with E-state index in [4.69, 9.17) is 20.8 Å². The third-order valence-corrected chi connectivity index (χ3v) is 7.51. The molecule has 2 aromatic carbocycles. The second-order valence-electron chi connectivity index (χ2n) is 9.00. The average Bonchev–Trinajstić information content (AvgIpc) is 3.48. The summed E-state index contributed by atoms with van der Waals surface area (Å²) in [4.78, 5) is 33.9. The minimum atomic E-state index is -0.662. The van der Waals surface area contributed by atoms with Crippen molar-refractivity contribution in [3.8, 4) is 11.3 Å². The van der Waals surface area contributed by atoms with Gasteiger partial charge in [0.25, 0.3) is 5.56 Å². The first-order valence-electron chi connectivity index (χ1n) is 12.1. The van der Waals surface area contributed by atoms with E-state index in [0.29, 0.717) is 37.1 Å². The van der Waals surface area contributed by atoms with Gasteiger partial charge in [-0.05, 0) is 67.9 Å². The average molecular weight is 548 g/mol. The molecule has 0 saturated heterocycles. The van der Waals surface area contributed by atoms with Gasteiger partial charge in [-0.25, -0.2) is 9.79 Å². The van der Waals surface area contributed by atoms with Crippen molar-refractivity contribution < 1.29 is 13.9 Å². The monoisotopic (exact) mass is 547 g/mol. The van der Waals surface area contributed by atoms with Gasteiger partial charge in [-0.1, -0.05) is 35.1 Å². The van der Waals surface area contributed by atoms with Crippen LogP contribution in [0, 0.1) is 0 Å². The van der Waals surface area contributed by atoms with Crippen LogP contribution in [0.5, 0.6) is 0 Å². The van der Waals surface area contributed by atoms with Crippen LogP contribution in [0.4, 0.5) is 5.69 Å². The van der Waals surface area contributed by atoms with E-state index < -0.39 is 12.0 Å². The van der Waals surface area contributed by atoms with Gasteiger partial charge in [0.05, 0.1) is 28.5 Å². The lowest BCUT2D eigenvalue weighted by atomic mass is 9.95. The summed E-state index contributed by atoms with van der Waals surface area (Å²) >= 11 is 7.26. The van der Waals surface area contributed by atoms with Crippen LogP contribution in [0.15, 0.2) is 86.1 Å². The molecule has 2 aromatic heterocycles. The van der Waals surface area contributed by atoms with E-state index in [9.17, 15) is 9.59 Å². The molecule has 0 amide bonds. The zero-order chi connectivity index (χ0) is 27.0. The second kappa shape index (κ2) is 10.5. The quantitative estimate of drug-likeness (QED) is 0.325. The summed E-state index contributed by atoms with van der Waals surface area (Å²) in [6, 6.07) is 18.1. The van der Waals surface area contributed by atoms with Gasteiger partial charge >= 0.3 is 5.97 Å². The van der Waals surface area contributed by atoms with Crippen LogP contribution in [-0.4, -0.2) is 31.2 Å². The van der Waals surface area contributed by atoms with Crippen LogP contribution in [0.25, 0.3) is 17.4 Å². The number of carbonyl (C=O) groups is 1. The summed E-state index contributed by atoms with van der Waals surface area (Å²) in [6.45, 7) is 3.75. The van der Waals surface area contributed by atoms with Crippen LogP contribution in [0.2, 0.25) is 5.02 Å². The van der Waals surface area contributed by atoms with E-state index in [0.717, 1.165) is 16.8 Å². The summed E-state index contributed by atoms with van der Waals surface area (Å²) < 4.78 is 13.4. The lowest BCUT2D eigenvalue weighted by Gasteiger charge is -2.25. The van der Waals surface area contributed by atoms with Gasteiger partial charge in [-0.15, -0.1) is 0 Å². The van der Waals surface area contributed by atoms with Crippen molar-refractivity contribution in [3.05, 3.63) is 108 Å². The van der Waals surface area contributed by atoms with Crippen LogP contribution < -0.4 is 19.8 Å². The summed E-state index contributed by atoms with van der Waals surface area (Å²) in [6.07, 6.45) is 1.71. The third kappa shape index (κ3) is 4.85. The van der Waals surface area contributed by atoms with Gasteiger partial charge in [0, 0.05) is 36.4 Å². The van der Waals surface area contributed by atoms with Crippen LogP contribution in [0.3, 0.4) is 0 Å². The number of thiazole rings is 1. The molecule has 3 heterocycles. The van der Waals surface area contributed by atoms with Crippen molar-refractivity contribution in [1.82, 2.24) is 4.57 Å². The van der Waals surface area contributed by atoms with Crippen molar-refractivity contribution in [2.75, 3.05) is 25.6 Å². The number of nitrogens with zero attached hydrogens (tertiary/aromatic N) is 3. The molecular weight excluding hydrogens is 522 g/mol. The maximum Gasteiger partial charge on any atom is 0.338 e. The molecule has 0 spiro atoms. The SMILES string of the molecule is CCOC(=O)C1=C(C)N=c2s/c(=C\c3ccc(-c4ccc(Cl)cc4)o3)c(=O)n2[C@H]1c1ccc(N(C)C)cc1. The Morgan fingerprint density at radius 3 is 2.50 bits per heavy atom. The number of carbonyl (C=O) groups excluding carboxylic acids is 1. The molecule has 9 heteroatoms. The van der Waals surface area contributed by atoms with Gasteiger partial charge in [-0.3, -0.25) is 9.36 Å². The molecule has 0 saturated carbocycles. The zero-order valence-corrected chi connectivity index (χ0v) is 23.0. The van der Waals surface area contributed by atoms with Gasteiger partial charge in [0.2, 0.25) is 0 Å². The molecule has 1 atom stereocenters. The molecule has 1 aliphatic heterocycles. The Labute approximate surface area is 228 Å². The van der Waals surface area contributed by atoms with E-state index in [1.807, 2.05) is 67.5 Å². The van der Waals surface area contributed by atoms with E-state index in [-0.39, 0.29) is 12.2 Å². The number of fused-ring (bicyclic) bond motifs is 1. The number of furan rings is 1. The number of ether oxygens (including phenoxy) is 1. The van der Waals surface area contributed by atoms with Crippen molar-refractivity contribution in [3.63, 3.8) is 0 Å². The van der Waals surface area contributed by atoms with Gasteiger partial charge in [0.1, 0.15) is 11.5 Å². The molecule has 5 rings (SSSR count). The summed E-state index contributed by atoms with van der Waals surface area (Å²) in [5.41, 5.74) is 3.31. The molecule has 7 nitrogen and oxygen atoms in total. The second-order valence-corrected chi connectivity index (χ2v) is 10.4. The number of rotatable bonds is 6. The molecule has 1 aliphatic rings. The fourth-order valence-corrected chi connectivity index (χ4v) is 5.54.